The predicted molar refractivity (Wildman–Crippen MR) is 50.3 cm³/mol. The lowest BCUT2D eigenvalue weighted by atomic mass is 10.2. The average molecular weight is 193 g/mol. The Labute approximate surface area is 81.7 Å². The lowest BCUT2D eigenvalue weighted by Crippen LogP contribution is -2.27. The Balaban J connectivity index is 2.26. The average Bonchev–Trinajstić information content (AvgIpc) is 2.41. The van der Waals surface area contributed by atoms with Crippen LogP contribution in [0.25, 0.3) is 0 Å². The number of hydrogen-bond donors (Lipinski definition) is 1. The van der Waals surface area contributed by atoms with Crippen LogP contribution in [0.4, 0.5) is 5.69 Å². The quantitative estimate of drug-likeness (QED) is 0.725. The van der Waals surface area contributed by atoms with Crippen LogP contribution in [0.3, 0.4) is 0 Å². The van der Waals surface area contributed by atoms with Crippen molar-refractivity contribution in [3.8, 4) is 0 Å². The molecule has 74 valence electrons. The Morgan fingerprint density at radius 1 is 1.43 bits per heavy atom. The van der Waals surface area contributed by atoms with Crippen molar-refractivity contribution < 1.29 is 14.7 Å². The first kappa shape index (κ1) is 9.18. The van der Waals surface area contributed by atoms with E-state index in [1.54, 1.807) is 24.3 Å². The Kier molecular flexibility index (Phi) is 2.02. The van der Waals surface area contributed by atoms with Crippen molar-refractivity contribution in [3.05, 3.63) is 30.3 Å². The fourth-order valence-corrected chi connectivity index (χ4v) is 1.39. The van der Waals surface area contributed by atoms with E-state index >= 15 is 0 Å². The summed E-state index contributed by atoms with van der Waals surface area (Å²) < 4.78 is 0. The van der Waals surface area contributed by atoms with Crippen molar-refractivity contribution in [1.29, 1.82) is 0 Å². The van der Waals surface area contributed by atoms with Crippen LogP contribution in [0.2, 0.25) is 0 Å². The first-order chi connectivity index (χ1) is 6.58. The summed E-state index contributed by atoms with van der Waals surface area (Å²) in [6.45, 7) is 1.47. The molecule has 0 saturated carbocycles. The van der Waals surface area contributed by atoms with Gasteiger partial charge in [-0.1, -0.05) is 18.2 Å². The zero-order valence-electron chi connectivity index (χ0n) is 7.80. The van der Waals surface area contributed by atoms with Gasteiger partial charge in [0.25, 0.3) is 5.91 Å². The molecule has 2 rings (SSSR count). The van der Waals surface area contributed by atoms with Crippen LogP contribution in [0.15, 0.2) is 30.3 Å². The van der Waals surface area contributed by atoms with Gasteiger partial charge in [-0.05, 0) is 19.1 Å². The van der Waals surface area contributed by atoms with E-state index in [0.29, 0.717) is 5.69 Å². The molecule has 0 aliphatic carbocycles. The number of amides is 1. The van der Waals surface area contributed by atoms with Crippen molar-refractivity contribution in [2.24, 2.45) is 0 Å². The zero-order valence-corrected chi connectivity index (χ0v) is 7.80. The zero-order chi connectivity index (χ0) is 10.2. The first-order valence-electron chi connectivity index (χ1n) is 4.38. The molecule has 14 heavy (non-hydrogen) atoms. The molecule has 1 atom stereocenters. The number of carbonyl (C=O) groups is 1. The van der Waals surface area contributed by atoms with Gasteiger partial charge in [0.1, 0.15) is 0 Å². The number of para-hydroxylation sites is 1. The number of benzene rings is 1. The Morgan fingerprint density at radius 2 is 2.07 bits per heavy atom. The van der Waals surface area contributed by atoms with Crippen molar-refractivity contribution in [3.63, 3.8) is 0 Å². The third kappa shape index (κ3) is 1.62. The summed E-state index contributed by atoms with van der Waals surface area (Å²) in [5, 5.41) is 10.6. The van der Waals surface area contributed by atoms with E-state index in [4.69, 9.17) is 4.84 Å². The summed E-state index contributed by atoms with van der Waals surface area (Å²) in [5.41, 5.74) is 0.635. The van der Waals surface area contributed by atoms with Gasteiger partial charge in [-0.3, -0.25) is 4.79 Å². The van der Waals surface area contributed by atoms with Crippen LogP contribution in [-0.4, -0.2) is 16.8 Å². The fourth-order valence-electron chi connectivity index (χ4n) is 1.39. The standard InChI is InChI=1S/C10H11NO3/c1-10(13)7-9(12)11(14-10)8-5-3-2-4-6-8/h2-6,13H,7H2,1H3/t10-/m0/s1. The number of rotatable bonds is 1. The van der Waals surface area contributed by atoms with Crippen molar-refractivity contribution in [1.82, 2.24) is 0 Å². The number of hydrogen-bond acceptors (Lipinski definition) is 3. The molecular formula is C10H11NO3. The van der Waals surface area contributed by atoms with Crippen molar-refractivity contribution in [2.45, 2.75) is 19.1 Å². The van der Waals surface area contributed by atoms with E-state index in [0.717, 1.165) is 5.06 Å². The van der Waals surface area contributed by atoms with Crippen molar-refractivity contribution in [2.75, 3.05) is 5.06 Å². The molecule has 0 aromatic heterocycles. The predicted octanol–water partition coefficient (Wildman–Crippen LogP) is 1.06. The van der Waals surface area contributed by atoms with Gasteiger partial charge in [0.2, 0.25) is 0 Å². The van der Waals surface area contributed by atoms with Crippen molar-refractivity contribution >= 4 is 11.6 Å². The number of anilines is 1. The smallest absolute Gasteiger partial charge is 0.256 e. The SMILES string of the molecule is C[C@@]1(O)CC(=O)N(c2ccccc2)O1. The second-order valence-corrected chi connectivity index (χ2v) is 3.47. The molecule has 1 heterocycles. The maximum Gasteiger partial charge on any atom is 0.256 e. The number of nitrogens with zero attached hydrogens (tertiary/aromatic N) is 1. The molecule has 1 N–H and O–H groups in total. The lowest BCUT2D eigenvalue weighted by Gasteiger charge is -2.18. The molecule has 0 bridgehead atoms. The minimum absolute atomic E-state index is 0.0120. The molecule has 0 spiro atoms. The van der Waals surface area contributed by atoms with Gasteiger partial charge in [-0.2, -0.15) is 5.06 Å². The van der Waals surface area contributed by atoms with E-state index in [1.807, 2.05) is 6.07 Å². The van der Waals surface area contributed by atoms with Crippen LogP contribution in [0.5, 0.6) is 0 Å². The monoisotopic (exact) mass is 193 g/mol. The largest absolute Gasteiger partial charge is 0.363 e. The highest BCUT2D eigenvalue weighted by atomic mass is 16.8. The molecule has 1 amide bonds. The molecule has 1 aromatic rings. The maximum atomic E-state index is 11.4. The van der Waals surface area contributed by atoms with Crippen LogP contribution in [0.1, 0.15) is 13.3 Å². The highest BCUT2D eigenvalue weighted by molar-refractivity contribution is 5.93. The van der Waals surface area contributed by atoms with Crippen LogP contribution in [0, 0.1) is 0 Å². The van der Waals surface area contributed by atoms with E-state index in [2.05, 4.69) is 0 Å². The van der Waals surface area contributed by atoms with Gasteiger partial charge in [0.15, 0.2) is 5.79 Å². The topological polar surface area (TPSA) is 49.8 Å². The van der Waals surface area contributed by atoms with E-state index in [-0.39, 0.29) is 12.3 Å². The molecule has 0 radical (unpaired) electrons. The summed E-state index contributed by atoms with van der Waals surface area (Å²) in [6.07, 6.45) is -0.0120. The first-order valence-corrected chi connectivity index (χ1v) is 4.38. The van der Waals surface area contributed by atoms with Crippen LogP contribution in [-0.2, 0) is 9.63 Å². The molecular weight excluding hydrogens is 182 g/mol. The Bertz CT molecular complexity index is 348. The molecule has 1 aliphatic heterocycles. The third-order valence-corrected chi connectivity index (χ3v) is 1.98. The van der Waals surface area contributed by atoms with Gasteiger partial charge in [0, 0.05) is 0 Å². The summed E-state index contributed by atoms with van der Waals surface area (Å²) >= 11 is 0. The molecule has 4 heteroatoms. The van der Waals surface area contributed by atoms with Crippen LogP contribution < -0.4 is 5.06 Å². The fraction of sp³-hybridized carbons (Fsp3) is 0.300. The minimum atomic E-state index is -1.38. The lowest BCUT2D eigenvalue weighted by molar-refractivity contribution is -0.163. The summed E-state index contributed by atoms with van der Waals surface area (Å²) in [4.78, 5) is 16.5. The maximum absolute atomic E-state index is 11.4. The highest BCUT2D eigenvalue weighted by Crippen LogP contribution is 2.28. The Morgan fingerprint density at radius 3 is 2.57 bits per heavy atom. The van der Waals surface area contributed by atoms with Gasteiger partial charge in [-0.25, -0.2) is 4.84 Å². The summed E-state index contributed by atoms with van der Waals surface area (Å²) in [7, 11) is 0. The molecule has 0 unspecified atom stereocenters. The van der Waals surface area contributed by atoms with Gasteiger partial charge >= 0.3 is 0 Å². The third-order valence-electron chi connectivity index (χ3n) is 1.98. The normalized spacial score (nSPS) is 27.0. The van der Waals surface area contributed by atoms with E-state index < -0.39 is 5.79 Å². The second kappa shape index (κ2) is 3.08. The minimum Gasteiger partial charge on any atom is -0.363 e. The van der Waals surface area contributed by atoms with Gasteiger partial charge in [0.05, 0.1) is 12.1 Å². The van der Waals surface area contributed by atoms with Gasteiger partial charge in [-0.15, -0.1) is 0 Å². The van der Waals surface area contributed by atoms with Gasteiger partial charge < -0.3 is 5.11 Å². The Hall–Kier alpha value is -1.39. The summed E-state index contributed by atoms with van der Waals surface area (Å²) in [6, 6.07) is 8.96. The second-order valence-electron chi connectivity index (χ2n) is 3.47. The summed E-state index contributed by atoms with van der Waals surface area (Å²) in [5.74, 6) is -1.62. The van der Waals surface area contributed by atoms with Crippen LogP contribution >= 0.6 is 0 Å². The molecule has 1 saturated heterocycles. The molecule has 1 aliphatic rings. The number of aliphatic hydroxyl groups is 1. The molecule has 1 aromatic carbocycles. The number of carbonyl (C=O) groups excluding carboxylic acids is 1. The highest BCUT2D eigenvalue weighted by Gasteiger charge is 2.40. The molecule has 1 fully saturated rings. The molecule has 4 nitrogen and oxygen atoms in total. The van der Waals surface area contributed by atoms with E-state index in [1.165, 1.54) is 6.92 Å². The number of hydroxylamine groups is 1. The van der Waals surface area contributed by atoms with E-state index in [9.17, 15) is 9.90 Å².